The van der Waals surface area contributed by atoms with Gasteiger partial charge in [0.05, 0.1) is 16.8 Å². The summed E-state index contributed by atoms with van der Waals surface area (Å²) in [6, 6.07) is 10.4. The van der Waals surface area contributed by atoms with Crippen LogP contribution in [0.4, 0.5) is 4.39 Å². The molecular formula is C27H32FN3O2S. The highest BCUT2D eigenvalue weighted by Crippen LogP contribution is 2.37. The molecule has 0 bridgehead atoms. The molecule has 180 valence electrons. The smallest absolute Gasteiger partial charge is 0.271 e. The van der Waals surface area contributed by atoms with E-state index >= 15 is 0 Å². The molecule has 1 fully saturated rings. The lowest BCUT2D eigenvalue weighted by Crippen LogP contribution is -2.64. The highest BCUT2D eigenvalue weighted by atomic mass is 32.1. The standard InChI is InChI=1S/C27H32FN3O2S/c1-4-21-13-22-24(34-21)14-23-25(32)31(15-18-7-9-19(28)10-8-18)27(3,16-30(22)23)26(33)29-20-11-5-17(2)6-12-20/h7-10,13-14,17,20H,4-6,11-12,15-16H2,1-3H3,(H,29,33)/t17?,20?,27-/m1/s1. The summed E-state index contributed by atoms with van der Waals surface area (Å²) in [7, 11) is 0. The van der Waals surface area contributed by atoms with Crippen LogP contribution < -0.4 is 5.32 Å². The van der Waals surface area contributed by atoms with Crippen LogP contribution >= 0.6 is 11.3 Å². The van der Waals surface area contributed by atoms with Crippen molar-refractivity contribution in [3.8, 4) is 0 Å². The summed E-state index contributed by atoms with van der Waals surface area (Å²) >= 11 is 1.70. The maximum absolute atomic E-state index is 13.8. The number of thiophene rings is 1. The van der Waals surface area contributed by atoms with E-state index in [4.69, 9.17) is 0 Å². The number of amides is 2. The molecule has 0 radical (unpaired) electrons. The van der Waals surface area contributed by atoms with E-state index in [0.717, 1.165) is 47.9 Å². The number of nitrogens with zero attached hydrogens (tertiary/aromatic N) is 2. The Bertz CT molecular complexity index is 1220. The van der Waals surface area contributed by atoms with Gasteiger partial charge in [0.25, 0.3) is 5.91 Å². The topological polar surface area (TPSA) is 54.3 Å². The zero-order valence-electron chi connectivity index (χ0n) is 20.1. The van der Waals surface area contributed by atoms with Crippen LogP contribution in [-0.4, -0.2) is 32.9 Å². The van der Waals surface area contributed by atoms with Crippen molar-refractivity contribution in [2.24, 2.45) is 5.92 Å². The summed E-state index contributed by atoms with van der Waals surface area (Å²) in [5.41, 5.74) is 1.39. The molecule has 7 heteroatoms. The Morgan fingerprint density at radius 2 is 1.88 bits per heavy atom. The first kappa shape index (κ1) is 23.1. The molecule has 34 heavy (non-hydrogen) atoms. The van der Waals surface area contributed by atoms with Gasteiger partial charge in [0, 0.05) is 17.5 Å². The minimum absolute atomic E-state index is 0.110. The fourth-order valence-corrected chi connectivity index (χ4v) is 6.37. The van der Waals surface area contributed by atoms with Crippen LogP contribution in [0.15, 0.2) is 36.4 Å². The molecule has 3 aromatic rings. The predicted octanol–water partition coefficient (Wildman–Crippen LogP) is 5.51. The maximum Gasteiger partial charge on any atom is 0.271 e. The molecule has 2 aliphatic rings. The number of aromatic nitrogens is 1. The van der Waals surface area contributed by atoms with E-state index in [1.807, 2.05) is 17.6 Å². The van der Waals surface area contributed by atoms with Crippen LogP contribution in [0.25, 0.3) is 10.2 Å². The molecule has 2 aromatic heterocycles. The second-order valence-corrected chi connectivity index (χ2v) is 11.3. The second kappa shape index (κ2) is 8.84. The number of hydrogen-bond donors (Lipinski definition) is 1. The molecular weight excluding hydrogens is 449 g/mol. The Labute approximate surface area is 203 Å². The Hall–Kier alpha value is -2.67. The Kier molecular flexibility index (Phi) is 6.00. The van der Waals surface area contributed by atoms with Crippen LogP contribution in [-0.2, 0) is 24.3 Å². The Morgan fingerprint density at radius 1 is 1.18 bits per heavy atom. The molecule has 0 spiro atoms. The Balaban J connectivity index is 1.51. The number of nitrogens with one attached hydrogen (secondary N) is 1. The van der Waals surface area contributed by atoms with Crippen LogP contribution in [0.2, 0.25) is 0 Å². The lowest BCUT2D eigenvalue weighted by Gasteiger charge is -2.45. The lowest BCUT2D eigenvalue weighted by atomic mass is 9.86. The summed E-state index contributed by atoms with van der Waals surface area (Å²) < 4.78 is 16.6. The van der Waals surface area contributed by atoms with E-state index in [-0.39, 0.29) is 30.2 Å². The molecule has 1 aliphatic heterocycles. The predicted molar refractivity (Wildman–Crippen MR) is 133 cm³/mol. The van der Waals surface area contributed by atoms with E-state index in [1.54, 1.807) is 28.4 Å². The van der Waals surface area contributed by atoms with Crippen LogP contribution in [0, 0.1) is 11.7 Å². The third-order valence-corrected chi connectivity index (χ3v) is 8.82. The number of fused-ring (bicyclic) bond motifs is 3. The minimum Gasteiger partial charge on any atom is -0.351 e. The average molecular weight is 482 g/mol. The van der Waals surface area contributed by atoms with Gasteiger partial charge >= 0.3 is 0 Å². The van der Waals surface area contributed by atoms with Gasteiger partial charge in [-0.25, -0.2) is 4.39 Å². The monoisotopic (exact) mass is 481 g/mol. The van der Waals surface area contributed by atoms with Gasteiger partial charge in [-0.15, -0.1) is 11.3 Å². The summed E-state index contributed by atoms with van der Waals surface area (Å²) in [6.07, 6.45) is 5.10. The molecule has 1 aromatic carbocycles. The van der Waals surface area contributed by atoms with E-state index in [2.05, 4.69) is 25.2 Å². The highest BCUT2D eigenvalue weighted by molar-refractivity contribution is 7.19. The number of carbonyl (C=O) groups is 2. The molecule has 1 N–H and O–H groups in total. The average Bonchev–Trinajstić information content (AvgIpc) is 3.38. The number of halogens is 1. The fraction of sp³-hybridized carbons (Fsp3) is 0.481. The van der Waals surface area contributed by atoms with Gasteiger partial charge < -0.3 is 14.8 Å². The van der Waals surface area contributed by atoms with Gasteiger partial charge in [0.1, 0.15) is 17.1 Å². The molecule has 1 aliphatic carbocycles. The maximum atomic E-state index is 13.8. The number of aryl methyl sites for hydroxylation is 1. The van der Waals surface area contributed by atoms with E-state index in [1.165, 1.54) is 17.0 Å². The molecule has 0 saturated heterocycles. The van der Waals surface area contributed by atoms with Crippen LogP contribution in [0.3, 0.4) is 0 Å². The van der Waals surface area contributed by atoms with Crippen molar-refractivity contribution in [2.75, 3.05) is 0 Å². The van der Waals surface area contributed by atoms with Gasteiger partial charge in [-0.3, -0.25) is 9.59 Å². The first-order valence-corrected chi connectivity index (χ1v) is 13.1. The molecule has 1 atom stereocenters. The van der Waals surface area contributed by atoms with Crippen molar-refractivity contribution in [1.82, 2.24) is 14.8 Å². The Morgan fingerprint density at radius 3 is 2.56 bits per heavy atom. The third kappa shape index (κ3) is 4.04. The normalized spacial score (nSPS) is 24.9. The van der Waals surface area contributed by atoms with Crippen molar-refractivity contribution in [1.29, 1.82) is 0 Å². The highest BCUT2D eigenvalue weighted by Gasteiger charge is 2.48. The molecule has 5 nitrogen and oxygen atoms in total. The van der Waals surface area contributed by atoms with Gasteiger partial charge in [-0.05, 0) is 74.8 Å². The summed E-state index contributed by atoms with van der Waals surface area (Å²) in [5.74, 6) is 0.103. The molecule has 3 heterocycles. The summed E-state index contributed by atoms with van der Waals surface area (Å²) in [4.78, 5) is 30.6. The first-order chi connectivity index (χ1) is 16.3. The minimum atomic E-state index is -1.05. The first-order valence-electron chi connectivity index (χ1n) is 12.3. The van der Waals surface area contributed by atoms with Crippen molar-refractivity contribution in [3.63, 3.8) is 0 Å². The number of carbonyl (C=O) groups excluding carboxylic acids is 2. The van der Waals surface area contributed by atoms with Gasteiger partial charge in [0.2, 0.25) is 5.91 Å². The van der Waals surface area contributed by atoms with Gasteiger partial charge in [0.15, 0.2) is 0 Å². The third-order valence-electron chi connectivity index (χ3n) is 7.61. The molecule has 5 rings (SSSR count). The fourth-order valence-electron chi connectivity index (χ4n) is 5.33. The number of rotatable bonds is 5. The number of hydrogen-bond acceptors (Lipinski definition) is 3. The van der Waals surface area contributed by atoms with Gasteiger partial charge in [-0.2, -0.15) is 0 Å². The largest absolute Gasteiger partial charge is 0.351 e. The van der Waals surface area contributed by atoms with E-state index in [9.17, 15) is 14.0 Å². The molecule has 2 amide bonds. The number of benzene rings is 1. The summed E-state index contributed by atoms with van der Waals surface area (Å²) in [5, 5.41) is 3.28. The van der Waals surface area contributed by atoms with Crippen molar-refractivity contribution in [3.05, 3.63) is 58.3 Å². The van der Waals surface area contributed by atoms with Crippen LogP contribution in [0.5, 0.6) is 0 Å². The quantitative estimate of drug-likeness (QED) is 0.522. The SMILES string of the molecule is CCc1cc2c(cc3n2C[C@](C)(C(=O)NC2CCC(C)CC2)N(Cc2ccc(F)cc2)C3=O)s1. The van der Waals surface area contributed by atoms with Crippen molar-refractivity contribution < 1.29 is 14.0 Å². The lowest BCUT2D eigenvalue weighted by molar-refractivity contribution is -0.134. The summed E-state index contributed by atoms with van der Waals surface area (Å²) in [6.45, 7) is 6.91. The van der Waals surface area contributed by atoms with Crippen LogP contribution in [0.1, 0.15) is 67.4 Å². The van der Waals surface area contributed by atoms with Crippen molar-refractivity contribution >= 4 is 33.4 Å². The van der Waals surface area contributed by atoms with E-state index < -0.39 is 5.54 Å². The van der Waals surface area contributed by atoms with Gasteiger partial charge in [-0.1, -0.05) is 26.0 Å². The molecule has 1 saturated carbocycles. The zero-order chi connectivity index (χ0) is 24.0. The second-order valence-electron chi connectivity index (χ2n) is 10.2. The molecule has 0 unspecified atom stereocenters. The van der Waals surface area contributed by atoms with Crippen molar-refractivity contribution in [2.45, 2.75) is 77.5 Å². The van der Waals surface area contributed by atoms with E-state index in [0.29, 0.717) is 18.2 Å². The zero-order valence-corrected chi connectivity index (χ0v) is 20.9.